The second-order valence-corrected chi connectivity index (χ2v) is 5.86. The van der Waals surface area contributed by atoms with Crippen molar-refractivity contribution in [2.24, 2.45) is 0 Å². The molecule has 21 heavy (non-hydrogen) atoms. The van der Waals surface area contributed by atoms with Crippen LogP contribution in [0.15, 0.2) is 41.0 Å². The summed E-state index contributed by atoms with van der Waals surface area (Å²) in [6.45, 7) is 1.94. The molecule has 6 heteroatoms. The van der Waals surface area contributed by atoms with E-state index in [4.69, 9.17) is 16.0 Å². The first kappa shape index (κ1) is 13.9. The van der Waals surface area contributed by atoms with Crippen LogP contribution in [0.1, 0.15) is 11.3 Å². The number of thiazole rings is 1. The number of rotatable bonds is 3. The van der Waals surface area contributed by atoms with Gasteiger partial charge in [-0.15, -0.1) is 0 Å². The summed E-state index contributed by atoms with van der Waals surface area (Å²) in [6.07, 6.45) is 4.56. The van der Waals surface area contributed by atoms with Gasteiger partial charge in [0.15, 0.2) is 5.13 Å². The Hall–Kier alpha value is -2.11. The Morgan fingerprint density at radius 2 is 2.33 bits per heavy atom. The molecule has 0 unspecified atom stereocenters. The standard InChI is InChI=1S/C15H11ClN2O2S/c1-9-7-13-12(8-11(9)16)17-15(21-13)18-14(19)5-4-10-3-2-6-20-10/h2-8H,1H3,(H,17,18,19). The summed E-state index contributed by atoms with van der Waals surface area (Å²) in [4.78, 5) is 16.2. The van der Waals surface area contributed by atoms with Crippen molar-refractivity contribution in [2.75, 3.05) is 5.32 Å². The van der Waals surface area contributed by atoms with Crippen LogP contribution in [0.3, 0.4) is 0 Å². The van der Waals surface area contributed by atoms with Gasteiger partial charge < -0.3 is 4.42 Å². The van der Waals surface area contributed by atoms with E-state index in [-0.39, 0.29) is 5.91 Å². The molecule has 3 rings (SSSR count). The molecule has 0 saturated carbocycles. The van der Waals surface area contributed by atoms with E-state index in [9.17, 15) is 4.79 Å². The van der Waals surface area contributed by atoms with Crippen LogP contribution < -0.4 is 5.32 Å². The third kappa shape index (κ3) is 3.15. The van der Waals surface area contributed by atoms with Gasteiger partial charge in [0.2, 0.25) is 5.91 Å². The Balaban J connectivity index is 1.77. The molecule has 3 aromatic rings. The molecule has 0 spiro atoms. The summed E-state index contributed by atoms with van der Waals surface area (Å²) in [5.74, 6) is 0.366. The molecule has 1 N–H and O–H groups in total. The second kappa shape index (κ2) is 5.71. The highest BCUT2D eigenvalue weighted by Gasteiger charge is 2.08. The van der Waals surface area contributed by atoms with Crippen molar-refractivity contribution < 1.29 is 9.21 Å². The molecule has 0 aliphatic heterocycles. The van der Waals surface area contributed by atoms with E-state index in [1.807, 2.05) is 13.0 Å². The maximum Gasteiger partial charge on any atom is 0.250 e. The topological polar surface area (TPSA) is 55.1 Å². The number of carbonyl (C=O) groups excluding carboxylic acids is 1. The van der Waals surface area contributed by atoms with Crippen molar-refractivity contribution in [3.05, 3.63) is 53.0 Å². The summed E-state index contributed by atoms with van der Waals surface area (Å²) in [5, 5.41) is 3.94. The Morgan fingerprint density at radius 1 is 1.48 bits per heavy atom. The van der Waals surface area contributed by atoms with Crippen molar-refractivity contribution in [1.82, 2.24) is 4.98 Å². The number of hydrogen-bond acceptors (Lipinski definition) is 4. The molecule has 1 aromatic carbocycles. The molecule has 0 bridgehead atoms. The number of nitrogens with one attached hydrogen (secondary N) is 1. The largest absolute Gasteiger partial charge is 0.465 e. The molecule has 4 nitrogen and oxygen atoms in total. The lowest BCUT2D eigenvalue weighted by molar-refractivity contribution is -0.111. The third-order valence-electron chi connectivity index (χ3n) is 2.84. The quantitative estimate of drug-likeness (QED) is 0.723. The van der Waals surface area contributed by atoms with Gasteiger partial charge in [0, 0.05) is 11.1 Å². The fourth-order valence-electron chi connectivity index (χ4n) is 1.79. The normalized spacial score (nSPS) is 11.3. The molecular formula is C15H11ClN2O2S. The van der Waals surface area contributed by atoms with Crippen molar-refractivity contribution in [3.8, 4) is 0 Å². The summed E-state index contributed by atoms with van der Waals surface area (Å²) in [6, 6.07) is 7.30. The van der Waals surface area contributed by atoms with Gasteiger partial charge in [-0.3, -0.25) is 10.1 Å². The van der Waals surface area contributed by atoms with Crippen LogP contribution >= 0.6 is 22.9 Å². The highest BCUT2D eigenvalue weighted by molar-refractivity contribution is 7.22. The SMILES string of the molecule is Cc1cc2sc(NC(=O)C=Cc3ccco3)nc2cc1Cl. The predicted molar refractivity (Wildman–Crippen MR) is 85.7 cm³/mol. The number of halogens is 1. The van der Waals surface area contributed by atoms with Gasteiger partial charge in [0.05, 0.1) is 16.5 Å². The van der Waals surface area contributed by atoms with Crippen LogP contribution in [0.25, 0.3) is 16.3 Å². The molecule has 0 aliphatic carbocycles. The molecular weight excluding hydrogens is 308 g/mol. The number of carbonyl (C=O) groups is 1. The minimum Gasteiger partial charge on any atom is -0.465 e. The van der Waals surface area contributed by atoms with E-state index in [2.05, 4.69) is 10.3 Å². The lowest BCUT2D eigenvalue weighted by Gasteiger charge is -1.94. The molecule has 0 saturated heterocycles. The molecule has 1 amide bonds. The minimum absolute atomic E-state index is 0.256. The summed E-state index contributed by atoms with van der Waals surface area (Å²) < 4.78 is 6.10. The van der Waals surface area contributed by atoms with E-state index in [0.717, 1.165) is 15.8 Å². The first-order chi connectivity index (χ1) is 10.1. The monoisotopic (exact) mass is 318 g/mol. The van der Waals surface area contributed by atoms with Crippen LogP contribution in [0.2, 0.25) is 5.02 Å². The molecule has 0 atom stereocenters. The van der Waals surface area contributed by atoms with Gasteiger partial charge in [0.1, 0.15) is 5.76 Å². The maximum atomic E-state index is 11.8. The van der Waals surface area contributed by atoms with Gasteiger partial charge in [-0.2, -0.15) is 0 Å². The van der Waals surface area contributed by atoms with Gasteiger partial charge in [-0.1, -0.05) is 22.9 Å². The highest BCUT2D eigenvalue weighted by Crippen LogP contribution is 2.30. The Kier molecular flexibility index (Phi) is 3.77. The first-order valence-corrected chi connectivity index (χ1v) is 7.40. The van der Waals surface area contributed by atoms with Crippen LogP contribution in [0.5, 0.6) is 0 Å². The molecule has 2 heterocycles. The van der Waals surface area contributed by atoms with E-state index < -0.39 is 0 Å². The second-order valence-electron chi connectivity index (χ2n) is 4.43. The molecule has 0 fully saturated rings. The molecule has 0 aliphatic rings. The van der Waals surface area contributed by atoms with Crippen molar-refractivity contribution >= 4 is 50.3 Å². The number of hydrogen-bond donors (Lipinski definition) is 1. The predicted octanol–water partition coefficient (Wildman–Crippen LogP) is 4.50. The molecule has 2 aromatic heterocycles. The number of furan rings is 1. The van der Waals surface area contributed by atoms with Crippen molar-refractivity contribution in [2.45, 2.75) is 6.92 Å². The number of benzene rings is 1. The summed E-state index contributed by atoms with van der Waals surface area (Å²) >= 11 is 7.48. The highest BCUT2D eigenvalue weighted by atomic mass is 35.5. The number of aryl methyl sites for hydroxylation is 1. The summed E-state index contributed by atoms with van der Waals surface area (Å²) in [5.41, 5.74) is 1.77. The van der Waals surface area contributed by atoms with E-state index in [1.165, 1.54) is 17.4 Å². The fourth-order valence-corrected chi connectivity index (χ4v) is 2.90. The van der Waals surface area contributed by atoms with Crippen LogP contribution in [0.4, 0.5) is 5.13 Å². The smallest absolute Gasteiger partial charge is 0.250 e. The van der Waals surface area contributed by atoms with E-state index in [1.54, 1.807) is 30.5 Å². The Labute approximate surface area is 130 Å². The van der Waals surface area contributed by atoms with Gasteiger partial charge in [0.25, 0.3) is 0 Å². The number of anilines is 1. The average molecular weight is 319 g/mol. The van der Waals surface area contributed by atoms with E-state index in [0.29, 0.717) is 15.9 Å². The van der Waals surface area contributed by atoms with E-state index >= 15 is 0 Å². The Morgan fingerprint density at radius 3 is 3.10 bits per heavy atom. The van der Waals surface area contributed by atoms with Crippen molar-refractivity contribution in [3.63, 3.8) is 0 Å². The summed E-state index contributed by atoms with van der Waals surface area (Å²) in [7, 11) is 0. The zero-order valence-corrected chi connectivity index (χ0v) is 12.7. The van der Waals surface area contributed by atoms with Crippen LogP contribution in [0, 0.1) is 6.92 Å². The zero-order valence-electron chi connectivity index (χ0n) is 11.1. The van der Waals surface area contributed by atoms with Crippen LogP contribution in [-0.4, -0.2) is 10.9 Å². The molecule has 106 valence electrons. The number of aromatic nitrogens is 1. The number of fused-ring (bicyclic) bond motifs is 1. The third-order valence-corrected chi connectivity index (χ3v) is 4.18. The van der Waals surface area contributed by atoms with Gasteiger partial charge in [-0.05, 0) is 42.8 Å². The Bertz CT molecular complexity index is 783. The van der Waals surface area contributed by atoms with Crippen molar-refractivity contribution in [1.29, 1.82) is 0 Å². The molecule has 0 radical (unpaired) electrons. The van der Waals surface area contributed by atoms with Crippen LogP contribution in [-0.2, 0) is 4.79 Å². The van der Waals surface area contributed by atoms with Gasteiger partial charge >= 0.3 is 0 Å². The number of nitrogens with zero attached hydrogens (tertiary/aromatic N) is 1. The lowest BCUT2D eigenvalue weighted by atomic mass is 10.2. The first-order valence-electron chi connectivity index (χ1n) is 6.21. The maximum absolute atomic E-state index is 11.8. The fraction of sp³-hybridized carbons (Fsp3) is 0.0667. The van der Waals surface area contributed by atoms with Gasteiger partial charge in [-0.25, -0.2) is 4.98 Å². The zero-order chi connectivity index (χ0) is 14.8. The average Bonchev–Trinajstić information content (AvgIpc) is 3.06. The lowest BCUT2D eigenvalue weighted by Crippen LogP contribution is -2.07. The number of amides is 1. The minimum atomic E-state index is -0.256.